The summed E-state index contributed by atoms with van der Waals surface area (Å²) in [5.74, 6) is -1.55. The van der Waals surface area contributed by atoms with Crippen LogP contribution in [-0.2, 0) is 9.53 Å². The Morgan fingerprint density at radius 2 is 2.11 bits per heavy atom. The van der Waals surface area contributed by atoms with Crippen molar-refractivity contribution in [1.29, 1.82) is 0 Å². The fourth-order valence-electron chi connectivity index (χ4n) is 2.81. The Morgan fingerprint density at radius 1 is 1.37 bits per heavy atom. The number of hydrogen-bond donors (Lipinski definition) is 2. The molecule has 0 saturated carbocycles. The number of nitro benzene ring substituents is 1. The molecular weight excluding hydrogens is 358 g/mol. The number of aliphatic carboxylic acids is 1. The van der Waals surface area contributed by atoms with Crippen LogP contribution in [0.3, 0.4) is 0 Å². The molecule has 1 saturated heterocycles. The van der Waals surface area contributed by atoms with Crippen LogP contribution in [0.15, 0.2) is 30.5 Å². The molecule has 11 nitrogen and oxygen atoms in total. The van der Waals surface area contributed by atoms with E-state index in [4.69, 9.17) is 4.74 Å². The molecule has 2 aromatic rings. The van der Waals surface area contributed by atoms with Crippen LogP contribution in [0.25, 0.3) is 5.69 Å². The van der Waals surface area contributed by atoms with Gasteiger partial charge in [0.1, 0.15) is 0 Å². The van der Waals surface area contributed by atoms with E-state index in [0.717, 1.165) is 0 Å². The predicted octanol–water partition coefficient (Wildman–Crippen LogP) is 0.787. The Bertz CT molecular complexity index is 874. The Kier molecular flexibility index (Phi) is 5.12. The number of amides is 1. The van der Waals surface area contributed by atoms with E-state index in [2.05, 4.69) is 15.6 Å². The quantitative estimate of drug-likeness (QED) is 0.556. The Morgan fingerprint density at radius 3 is 2.78 bits per heavy atom. The summed E-state index contributed by atoms with van der Waals surface area (Å²) in [6.07, 6.45) is 1.94. The number of benzene rings is 1. The molecule has 3 rings (SSSR count). The Labute approximate surface area is 153 Å². The summed E-state index contributed by atoms with van der Waals surface area (Å²) in [6, 6.07) is 5.73. The number of nitro groups is 1. The molecular formula is C16H17N5O6. The molecule has 27 heavy (non-hydrogen) atoms. The number of aromatic nitrogens is 3. The van der Waals surface area contributed by atoms with Crippen LogP contribution in [-0.4, -0.2) is 56.7 Å². The predicted molar refractivity (Wildman–Crippen MR) is 90.5 cm³/mol. The van der Waals surface area contributed by atoms with E-state index in [1.54, 1.807) is 6.07 Å². The lowest BCUT2D eigenvalue weighted by Gasteiger charge is -2.32. The van der Waals surface area contributed by atoms with Gasteiger partial charge in [-0.05, 0) is 18.9 Å². The number of rotatable bonds is 6. The van der Waals surface area contributed by atoms with Crippen LogP contribution in [0.2, 0.25) is 0 Å². The zero-order valence-corrected chi connectivity index (χ0v) is 14.2. The molecule has 1 amide bonds. The van der Waals surface area contributed by atoms with Gasteiger partial charge in [0, 0.05) is 31.9 Å². The molecule has 0 radical (unpaired) electrons. The second-order valence-corrected chi connectivity index (χ2v) is 6.21. The van der Waals surface area contributed by atoms with Crippen LogP contribution in [0, 0.1) is 15.5 Å². The van der Waals surface area contributed by atoms with Crippen LogP contribution >= 0.6 is 0 Å². The van der Waals surface area contributed by atoms with Gasteiger partial charge >= 0.3 is 5.97 Å². The number of hydrogen-bond acceptors (Lipinski definition) is 7. The fraction of sp³-hybridized carbons (Fsp3) is 0.375. The number of carbonyl (C=O) groups is 2. The highest BCUT2D eigenvalue weighted by molar-refractivity contribution is 5.92. The van der Waals surface area contributed by atoms with E-state index in [9.17, 15) is 24.8 Å². The number of nitrogens with one attached hydrogen (secondary N) is 1. The van der Waals surface area contributed by atoms with Crippen molar-refractivity contribution in [2.45, 2.75) is 12.8 Å². The van der Waals surface area contributed by atoms with Gasteiger partial charge in [-0.1, -0.05) is 11.3 Å². The van der Waals surface area contributed by atoms with Crippen LogP contribution in [0.4, 0.5) is 5.69 Å². The molecule has 0 spiro atoms. The minimum Gasteiger partial charge on any atom is -0.481 e. The Hall–Kier alpha value is -3.34. The molecule has 0 bridgehead atoms. The van der Waals surface area contributed by atoms with E-state index in [0.29, 0.717) is 31.7 Å². The molecule has 1 aromatic carbocycles. The van der Waals surface area contributed by atoms with Crippen molar-refractivity contribution in [2.24, 2.45) is 5.41 Å². The highest BCUT2D eigenvalue weighted by Gasteiger charge is 2.40. The zero-order chi connectivity index (χ0) is 19.4. The molecule has 2 heterocycles. The molecule has 1 aliphatic rings. The monoisotopic (exact) mass is 375 g/mol. The smallest absolute Gasteiger partial charge is 0.311 e. The van der Waals surface area contributed by atoms with Gasteiger partial charge in [-0.25, -0.2) is 4.68 Å². The molecule has 1 aromatic heterocycles. The lowest BCUT2D eigenvalue weighted by Crippen LogP contribution is -2.46. The largest absolute Gasteiger partial charge is 0.481 e. The number of ether oxygens (including phenoxy) is 1. The number of carboxylic acids is 1. The lowest BCUT2D eigenvalue weighted by atomic mass is 9.80. The van der Waals surface area contributed by atoms with Gasteiger partial charge in [0.2, 0.25) is 0 Å². The fourth-order valence-corrected chi connectivity index (χ4v) is 2.81. The third kappa shape index (κ3) is 3.92. The van der Waals surface area contributed by atoms with Crippen molar-refractivity contribution < 1.29 is 24.4 Å². The molecule has 0 atom stereocenters. The van der Waals surface area contributed by atoms with Crippen molar-refractivity contribution in [3.05, 3.63) is 46.3 Å². The van der Waals surface area contributed by atoms with Crippen molar-refractivity contribution in [3.63, 3.8) is 0 Å². The maximum atomic E-state index is 12.3. The molecule has 2 N–H and O–H groups in total. The van der Waals surface area contributed by atoms with Crippen molar-refractivity contribution in [2.75, 3.05) is 19.8 Å². The summed E-state index contributed by atoms with van der Waals surface area (Å²) in [4.78, 5) is 34.2. The van der Waals surface area contributed by atoms with Crippen LogP contribution in [0.5, 0.6) is 0 Å². The first-order valence-corrected chi connectivity index (χ1v) is 8.18. The number of nitrogens with zero attached hydrogens (tertiary/aromatic N) is 4. The first-order chi connectivity index (χ1) is 12.9. The topological polar surface area (TPSA) is 149 Å². The van der Waals surface area contributed by atoms with E-state index in [-0.39, 0.29) is 17.9 Å². The molecule has 0 aliphatic carbocycles. The van der Waals surface area contributed by atoms with Crippen molar-refractivity contribution in [3.8, 4) is 5.69 Å². The van der Waals surface area contributed by atoms with Gasteiger partial charge in [0.25, 0.3) is 11.6 Å². The summed E-state index contributed by atoms with van der Waals surface area (Å²) in [6.45, 7) is 0.602. The Balaban J connectivity index is 1.71. The average molecular weight is 375 g/mol. The first kappa shape index (κ1) is 18.5. The maximum absolute atomic E-state index is 12.3. The van der Waals surface area contributed by atoms with E-state index in [1.165, 1.54) is 29.1 Å². The van der Waals surface area contributed by atoms with E-state index in [1.807, 2.05) is 0 Å². The van der Waals surface area contributed by atoms with Crippen LogP contribution < -0.4 is 5.32 Å². The summed E-state index contributed by atoms with van der Waals surface area (Å²) in [5, 5.41) is 30.5. The highest BCUT2D eigenvalue weighted by atomic mass is 16.6. The van der Waals surface area contributed by atoms with Gasteiger partial charge in [0.15, 0.2) is 5.69 Å². The zero-order valence-electron chi connectivity index (χ0n) is 14.2. The second kappa shape index (κ2) is 7.50. The maximum Gasteiger partial charge on any atom is 0.311 e. The summed E-state index contributed by atoms with van der Waals surface area (Å²) in [5.41, 5.74) is -0.822. The highest BCUT2D eigenvalue weighted by Crippen LogP contribution is 2.30. The summed E-state index contributed by atoms with van der Waals surface area (Å²) >= 11 is 0. The second-order valence-electron chi connectivity index (χ2n) is 6.21. The van der Waals surface area contributed by atoms with E-state index >= 15 is 0 Å². The number of carboxylic acid groups (broad SMARTS) is 1. The van der Waals surface area contributed by atoms with Gasteiger partial charge in [-0.3, -0.25) is 19.7 Å². The molecule has 0 unspecified atom stereocenters. The van der Waals surface area contributed by atoms with Gasteiger partial charge in [0.05, 0.1) is 22.2 Å². The number of carbonyl (C=O) groups excluding carboxylic acids is 1. The van der Waals surface area contributed by atoms with Gasteiger partial charge < -0.3 is 15.2 Å². The van der Waals surface area contributed by atoms with Gasteiger partial charge in [-0.15, -0.1) is 5.10 Å². The summed E-state index contributed by atoms with van der Waals surface area (Å²) in [7, 11) is 0. The minimum atomic E-state index is -1.07. The average Bonchev–Trinajstić information content (AvgIpc) is 3.17. The van der Waals surface area contributed by atoms with Crippen molar-refractivity contribution >= 4 is 17.6 Å². The van der Waals surface area contributed by atoms with E-state index < -0.39 is 22.2 Å². The third-order valence-electron chi connectivity index (χ3n) is 4.52. The van der Waals surface area contributed by atoms with Gasteiger partial charge in [-0.2, -0.15) is 0 Å². The standard InChI is InChI=1S/C16H17N5O6/c22-14(17-10-16(15(23)24)4-6-27-7-5-16)13-9-20(19-18-13)11-2-1-3-12(8-11)21(25)26/h1-3,8-9H,4-7,10H2,(H,17,22)(H,23,24). The molecule has 1 aliphatic heterocycles. The SMILES string of the molecule is O=C(NCC1(C(=O)O)CCOCC1)c1cn(-c2cccc([N+](=O)[O-])c2)nn1. The minimum absolute atomic E-state index is 0.0193. The van der Waals surface area contributed by atoms with Crippen LogP contribution in [0.1, 0.15) is 23.3 Å². The molecule has 142 valence electrons. The molecule has 11 heteroatoms. The normalized spacial score (nSPS) is 15.9. The van der Waals surface area contributed by atoms with Crippen molar-refractivity contribution in [1.82, 2.24) is 20.3 Å². The lowest BCUT2D eigenvalue weighted by molar-refractivity contribution is -0.384. The third-order valence-corrected chi connectivity index (χ3v) is 4.52. The first-order valence-electron chi connectivity index (χ1n) is 8.18. The summed E-state index contributed by atoms with van der Waals surface area (Å²) < 4.78 is 6.43. The molecule has 1 fully saturated rings. The number of non-ortho nitro benzene ring substituents is 1.